The third-order valence-electron chi connectivity index (χ3n) is 9.66. The van der Waals surface area contributed by atoms with Crippen molar-refractivity contribution in [3.63, 3.8) is 0 Å². The number of hydrogen-bond acceptors (Lipinski definition) is 4. The fourth-order valence-electron chi connectivity index (χ4n) is 7.32. The van der Waals surface area contributed by atoms with Crippen LogP contribution < -0.4 is 10.2 Å². The van der Waals surface area contributed by atoms with Crippen molar-refractivity contribution in [1.29, 1.82) is 0 Å². The molecule has 1 atom stereocenters. The Hall–Kier alpha value is -5.55. The summed E-state index contributed by atoms with van der Waals surface area (Å²) in [5, 5.41) is 11.7. The fourth-order valence-corrected chi connectivity index (χ4v) is 9.61. The van der Waals surface area contributed by atoms with Crippen LogP contribution in [-0.4, -0.2) is 0 Å². The van der Waals surface area contributed by atoms with Crippen LogP contribution in [0.3, 0.4) is 0 Å². The van der Waals surface area contributed by atoms with Crippen molar-refractivity contribution in [3.05, 3.63) is 175 Å². The van der Waals surface area contributed by atoms with Crippen LogP contribution in [0.25, 0.3) is 52.8 Å². The molecule has 0 spiro atoms. The van der Waals surface area contributed by atoms with E-state index in [1.54, 1.807) is 0 Å². The maximum atomic E-state index is 3.89. The molecule has 1 N–H and O–H groups in total. The average molecular weight is 663 g/mol. The Kier molecular flexibility index (Phi) is 6.71. The second-order valence-corrected chi connectivity index (χ2v) is 14.8. The van der Waals surface area contributed by atoms with Gasteiger partial charge in [-0.2, -0.15) is 0 Å². The highest BCUT2D eigenvalue weighted by atomic mass is 32.2. The molecule has 232 valence electrons. The second kappa shape index (κ2) is 11.6. The van der Waals surface area contributed by atoms with Gasteiger partial charge in [-0.15, -0.1) is 11.3 Å². The number of thioether (sulfide) groups is 1. The molecule has 0 amide bonds. The van der Waals surface area contributed by atoms with Gasteiger partial charge in [0, 0.05) is 47.5 Å². The molecule has 0 bridgehead atoms. The van der Waals surface area contributed by atoms with Gasteiger partial charge in [0.05, 0.1) is 5.69 Å². The molecule has 4 heteroatoms. The van der Waals surface area contributed by atoms with Gasteiger partial charge in [0.25, 0.3) is 0 Å². The number of nitrogens with zero attached hydrogens (tertiary/aromatic N) is 1. The van der Waals surface area contributed by atoms with E-state index >= 15 is 0 Å². The molecule has 0 fully saturated rings. The highest BCUT2D eigenvalue weighted by Gasteiger charge is 2.25. The molecule has 0 radical (unpaired) electrons. The Morgan fingerprint density at radius 2 is 1.16 bits per heavy atom. The largest absolute Gasteiger partial charge is 0.368 e. The lowest BCUT2D eigenvalue weighted by atomic mass is 9.99. The van der Waals surface area contributed by atoms with Crippen LogP contribution in [0.1, 0.15) is 10.9 Å². The first-order valence-electron chi connectivity index (χ1n) is 16.6. The van der Waals surface area contributed by atoms with Crippen LogP contribution in [0.2, 0.25) is 0 Å². The maximum absolute atomic E-state index is 3.89. The van der Waals surface area contributed by atoms with Crippen LogP contribution in [0.4, 0.5) is 22.7 Å². The van der Waals surface area contributed by atoms with Crippen LogP contribution in [0.5, 0.6) is 0 Å². The molecule has 0 saturated carbocycles. The molecule has 49 heavy (non-hydrogen) atoms. The molecule has 1 unspecified atom stereocenters. The molecular formula is C45H30N2S2. The zero-order valence-electron chi connectivity index (χ0n) is 26.5. The lowest BCUT2D eigenvalue weighted by Crippen LogP contribution is -2.10. The summed E-state index contributed by atoms with van der Waals surface area (Å²) in [7, 11) is 0. The van der Waals surface area contributed by atoms with E-state index in [-0.39, 0.29) is 5.37 Å². The Bertz CT molecular complexity index is 2680. The topological polar surface area (TPSA) is 15.3 Å². The molecule has 1 aromatic heterocycles. The molecule has 9 aromatic rings. The molecule has 0 saturated heterocycles. The average Bonchev–Trinajstić information content (AvgIpc) is 3.77. The van der Waals surface area contributed by atoms with Gasteiger partial charge in [-0.05, 0) is 87.4 Å². The zero-order valence-corrected chi connectivity index (χ0v) is 28.1. The number of benzene rings is 8. The lowest BCUT2D eigenvalue weighted by Gasteiger charge is -2.26. The molecular weight excluding hydrogens is 633 g/mol. The minimum Gasteiger partial charge on any atom is -0.368 e. The van der Waals surface area contributed by atoms with Gasteiger partial charge >= 0.3 is 0 Å². The van der Waals surface area contributed by atoms with E-state index in [4.69, 9.17) is 0 Å². The lowest BCUT2D eigenvalue weighted by molar-refractivity contribution is 1.14. The van der Waals surface area contributed by atoms with Crippen molar-refractivity contribution in [3.8, 4) is 11.1 Å². The van der Waals surface area contributed by atoms with E-state index in [0.29, 0.717) is 0 Å². The highest BCUT2D eigenvalue weighted by molar-refractivity contribution is 8.00. The van der Waals surface area contributed by atoms with Crippen molar-refractivity contribution < 1.29 is 0 Å². The summed E-state index contributed by atoms with van der Waals surface area (Å²) < 4.78 is 2.65. The van der Waals surface area contributed by atoms with Gasteiger partial charge in [-0.3, -0.25) is 0 Å². The summed E-state index contributed by atoms with van der Waals surface area (Å²) >= 11 is 3.76. The summed E-state index contributed by atoms with van der Waals surface area (Å²) in [5.41, 5.74) is 8.33. The number of hydrogen-bond donors (Lipinski definition) is 1. The summed E-state index contributed by atoms with van der Waals surface area (Å²) in [5.74, 6) is 0. The first-order valence-corrected chi connectivity index (χ1v) is 18.3. The fraction of sp³-hybridized carbons (Fsp3) is 0.0222. The normalized spacial score (nSPS) is 14.0. The summed E-state index contributed by atoms with van der Waals surface area (Å²) in [6, 6.07) is 62.0. The van der Waals surface area contributed by atoms with Gasteiger partial charge in [0.1, 0.15) is 5.37 Å². The zero-order chi connectivity index (χ0) is 32.3. The number of fused-ring (bicyclic) bond motifs is 8. The number of thiophene rings is 1. The molecule has 2 heterocycles. The molecule has 1 aliphatic rings. The van der Waals surface area contributed by atoms with Crippen molar-refractivity contribution >= 4 is 87.6 Å². The monoisotopic (exact) mass is 662 g/mol. The van der Waals surface area contributed by atoms with Crippen molar-refractivity contribution in [1.82, 2.24) is 0 Å². The Labute approximate surface area is 293 Å². The second-order valence-electron chi connectivity index (χ2n) is 12.6. The number of rotatable bonds is 5. The predicted octanol–water partition coefficient (Wildman–Crippen LogP) is 13.7. The number of para-hydroxylation sites is 1. The van der Waals surface area contributed by atoms with Crippen LogP contribution >= 0.6 is 23.1 Å². The Balaban J connectivity index is 1.11. The van der Waals surface area contributed by atoms with Crippen molar-refractivity contribution in [2.75, 3.05) is 10.2 Å². The molecule has 8 aromatic carbocycles. The van der Waals surface area contributed by atoms with E-state index in [0.717, 1.165) is 17.1 Å². The highest BCUT2D eigenvalue weighted by Crippen LogP contribution is 2.51. The Morgan fingerprint density at radius 1 is 0.469 bits per heavy atom. The smallest absolute Gasteiger partial charge is 0.103 e. The van der Waals surface area contributed by atoms with Gasteiger partial charge in [-0.1, -0.05) is 127 Å². The minimum absolute atomic E-state index is 0.190. The van der Waals surface area contributed by atoms with Crippen LogP contribution in [0.15, 0.2) is 175 Å². The van der Waals surface area contributed by atoms with Crippen molar-refractivity contribution in [2.24, 2.45) is 0 Å². The molecule has 0 aliphatic carbocycles. The summed E-state index contributed by atoms with van der Waals surface area (Å²) in [6.45, 7) is 0. The first-order chi connectivity index (χ1) is 24.3. The van der Waals surface area contributed by atoms with Crippen LogP contribution in [0, 0.1) is 0 Å². The number of anilines is 4. The van der Waals surface area contributed by atoms with E-state index in [2.05, 4.69) is 180 Å². The standard InChI is InChI=1S/C45H30N2S2/c1-3-10-31(11-4-1)45-46-44-41(49-45)25-22-30-19-18-29-20-23-36(28-39(29)43(30)44)47(34-13-5-2-6-14-34)35-15-9-12-32(26-35)33-21-24-38-37-16-7-8-17-40(37)48-42(38)27-33/h1-28,45-46H. The molecule has 10 rings (SSSR count). The van der Waals surface area contributed by atoms with Gasteiger partial charge in [0.2, 0.25) is 0 Å². The van der Waals surface area contributed by atoms with Gasteiger partial charge in [0.15, 0.2) is 0 Å². The maximum Gasteiger partial charge on any atom is 0.103 e. The predicted molar refractivity (Wildman–Crippen MR) is 213 cm³/mol. The van der Waals surface area contributed by atoms with E-state index in [1.165, 1.54) is 69.0 Å². The third kappa shape index (κ3) is 4.87. The molecule has 2 nitrogen and oxygen atoms in total. The molecule has 1 aliphatic heterocycles. The minimum atomic E-state index is 0.190. The van der Waals surface area contributed by atoms with E-state index < -0.39 is 0 Å². The van der Waals surface area contributed by atoms with Gasteiger partial charge in [-0.25, -0.2) is 0 Å². The van der Waals surface area contributed by atoms with Crippen molar-refractivity contribution in [2.45, 2.75) is 10.3 Å². The van der Waals surface area contributed by atoms with Gasteiger partial charge < -0.3 is 10.2 Å². The summed E-state index contributed by atoms with van der Waals surface area (Å²) in [4.78, 5) is 3.68. The quantitative estimate of drug-likeness (QED) is 0.185. The summed E-state index contributed by atoms with van der Waals surface area (Å²) in [6.07, 6.45) is 0. The van der Waals surface area contributed by atoms with E-state index in [9.17, 15) is 0 Å². The van der Waals surface area contributed by atoms with E-state index in [1.807, 2.05) is 23.1 Å². The van der Waals surface area contributed by atoms with Crippen LogP contribution in [-0.2, 0) is 0 Å². The third-order valence-corrected chi connectivity index (χ3v) is 12.0. The Morgan fingerprint density at radius 3 is 2.06 bits per heavy atom. The SMILES string of the molecule is c1ccc(C2Nc3c(ccc4ccc5ccc(N(c6ccccc6)c6cccc(-c7ccc8c(c7)sc7ccccc78)c6)cc5c34)S2)cc1. The number of nitrogens with one attached hydrogen (secondary N) is 1. The first kappa shape index (κ1) is 28.5.